The summed E-state index contributed by atoms with van der Waals surface area (Å²) in [5.41, 5.74) is 1.60. The lowest BCUT2D eigenvalue weighted by Crippen LogP contribution is -2.29. The summed E-state index contributed by atoms with van der Waals surface area (Å²) in [4.78, 5) is 21.7. The van der Waals surface area contributed by atoms with Crippen LogP contribution in [0.5, 0.6) is 0 Å². The van der Waals surface area contributed by atoms with Gasteiger partial charge in [0.25, 0.3) is 5.91 Å². The zero-order chi connectivity index (χ0) is 19.0. The highest BCUT2D eigenvalue weighted by Crippen LogP contribution is 2.33. The van der Waals surface area contributed by atoms with Crippen LogP contribution in [0.4, 0.5) is 5.95 Å². The molecule has 1 fully saturated rings. The summed E-state index contributed by atoms with van der Waals surface area (Å²) in [6, 6.07) is 7.72. The van der Waals surface area contributed by atoms with Crippen LogP contribution in [0.1, 0.15) is 30.1 Å². The van der Waals surface area contributed by atoms with Crippen molar-refractivity contribution in [1.82, 2.24) is 19.7 Å². The molecule has 0 bridgehead atoms. The lowest BCUT2D eigenvalue weighted by atomic mass is 9.86. The number of fused-ring (bicyclic) bond motifs is 1. The van der Waals surface area contributed by atoms with Gasteiger partial charge in [-0.1, -0.05) is 24.3 Å². The molecule has 1 aromatic heterocycles. The smallest absolute Gasteiger partial charge is 0.253 e. The lowest BCUT2D eigenvalue weighted by molar-refractivity contribution is 0.0784. The van der Waals surface area contributed by atoms with Crippen LogP contribution in [0.3, 0.4) is 0 Å². The highest BCUT2D eigenvalue weighted by Gasteiger charge is 2.35. The monoisotopic (exact) mass is 365 g/mol. The Balaban J connectivity index is 1.57. The highest BCUT2D eigenvalue weighted by atomic mass is 16.2. The minimum atomic E-state index is 0.119. The van der Waals surface area contributed by atoms with Crippen molar-refractivity contribution in [2.75, 3.05) is 32.1 Å². The van der Waals surface area contributed by atoms with Crippen molar-refractivity contribution in [1.29, 1.82) is 0 Å². The quantitative estimate of drug-likeness (QED) is 0.782. The number of hydrogen-bond acceptors (Lipinski definition) is 4. The van der Waals surface area contributed by atoms with Crippen LogP contribution in [-0.2, 0) is 6.54 Å². The molecule has 27 heavy (non-hydrogen) atoms. The molecule has 0 unspecified atom stereocenters. The standard InChI is InChI=1S/C21H27N5O/c1-4-26-21(24(2)3)22-19(23-26)15-10-7-11-16(12-15)20(27)25-13-17-8-5-6-9-18(17)14-25/h5-7,10-12,17-18H,4,8-9,13-14H2,1-3H3/t17-,18+. The van der Waals surface area contributed by atoms with Gasteiger partial charge < -0.3 is 9.80 Å². The number of aryl methyl sites for hydroxylation is 1. The van der Waals surface area contributed by atoms with Gasteiger partial charge in [-0.15, -0.1) is 5.10 Å². The van der Waals surface area contributed by atoms with E-state index in [2.05, 4.69) is 22.2 Å². The molecular formula is C21H27N5O. The maximum absolute atomic E-state index is 13.1. The summed E-state index contributed by atoms with van der Waals surface area (Å²) >= 11 is 0. The number of likely N-dealkylation sites (tertiary alicyclic amines) is 1. The summed E-state index contributed by atoms with van der Waals surface area (Å²) in [7, 11) is 3.92. The first-order valence-electron chi connectivity index (χ1n) is 9.73. The predicted octanol–water partition coefficient (Wildman–Crippen LogP) is 3.07. The van der Waals surface area contributed by atoms with Gasteiger partial charge in [0, 0.05) is 44.9 Å². The molecule has 2 atom stereocenters. The van der Waals surface area contributed by atoms with Crippen LogP contribution in [0.15, 0.2) is 36.4 Å². The second-order valence-corrected chi connectivity index (χ2v) is 7.70. The van der Waals surface area contributed by atoms with Crippen molar-refractivity contribution in [2.24, 2.45) is 11.8 Å². The molecule has 0 N–H and O–H groups in total. The predicted molar refractivity (Wildman–Crippen MR) is 107 cm³/mol. The van der Waals surface area contributed by atoms with Gasteiger partial charge >= 0.3 is 0 Å². The largest absolute Gasteiger partial charge is 0.347 e. The van der Waals surface area contributed by atoms with Gasteiger partial charge in [-0.3, -0.25) is 4.79 Å². The van der Waals surface area contributed by atoms with Gasteiger partial charge in [0.2, 0.25) is 5.95 Å². The Morgan fingerprint density at radius 1 is 1.19 bits per heavy atom. The van der Waals surface area contributed by atoms with Crippen LogP contribution in [0, 0.1) is 11.8 Å². The number of aromatic nitrogens is 3. The molecule has 1 aliphatic carbocycles. The zero-order valence-corrected chi connectivity index (χ0v) is 16.3. The molecule has 2 heterocycles. The maximum atomic E-state index is 13.1. The van der Waals surface area contributed by atoms with E-state index in [0.29, 0.717) is 17.7 Å². The van der Waals surface area contributed by atoms with Gasteiger partial charge in [0.15, 0.2) is 5.82 Å². The van der Waals surface area contributed by atoms with Crippen molar-refractivity contribution in [2.45, 2.75) is 26.3 Å². The normalized spacial score (nSPS) is 21.4. The Morgan fingerprint density at radius 2 is 1.89 bits per heavy atom. The molecule has 1 aliphatic heterocycles. The summed E-state index contributed by atoms with van der Waals surface area (Å²) in [5.74, 6) is 2.84. The number of carbonyl (C=O) groups excluding carboxylic acids is 1. The van der Waals surface area contributed by atoms with Crippen molar-refractivity contribution >= 4 is 11.9 Å². The van der Waals surface area contributed by atoms with Crippen LogP contribution in [0.25, 0.3) is 11.4 Å². The second kappa shape index (κ2) is 7.18. The topological polar surface area (TPSA) is 54.3 Å². The molecule has 0 saturated carbocycles. The fourth-order valence-electron chi connectivity index (χ4n) is 4.15. The third kappa shape index (κ3) is 3.36. The number of allylic oxidation sites excluding steroid dienone is 2. The van der Waals surface area contributed by atoms with Crippen LogP contribution in [0.2, 0.25) is 0 Å². The van der Waals surface area contributed by atoms with E-state index < -0.39 is 0 Å². The van der Waals surface area contributed by atoms with Gasteiger partial charge in [-0.2, -0.15) is 4.98 Å². The lowest BCUT2D eigenvalue weighted by Gasteiger charge is -2.17. The van der Waals surface area contributed by atoms with E-state index in [9.17, 15) is 4.79 Å². The number of benzene rings is 1. The average Bonchev–Trinajstić information content (AvgIpc) is 3.31. The Morgan fingerprint density at radius 3 is 2.48 bits per heavy atom. The third-order valence-electron chi connectivity index (χ3n) is 5.63. The summed E-state index contributed by atoms with van der Waals surface area (Å²) in [6.07, 6.45) is 6.71. The van der Waals surface area contributed by atoms with Crippen molar-refractivity contribution in [3.63, 3.8) is 0 Å². The van der Waals surface area contributed by atoms with Gasteiger partial charge in [0.1, 0.15) is 0 Å². The average molecular weight is 365 g/mol. The van der Waals surface area contributed by atoms with E-state index >= 15 is 0 Å². The van der Waals surface area contributed by atoms with E-state index in [4.69, 9.17) is 0 Å². The molecule has 4 rings (SSSR count). The molecule has 6 nitrogen and oxygen atoms in total. The molecule has 2 aromatic rings. The zero-order valence-electron chi connectivity index (χ0n) is 16.3. The van der Waals surface area contributed by atoms with E-state index in [1.807, 2.05) is 59.8 Å². The van der Waals surface area contributed by atoms with E-state index in [0.717, 1.165) is 49.6 Å². The number of anilines is 1. The number of carbonyl (C=O) groups is 1. The van der Waals surface area contributed by atoms with E-state index in [1.54, 1.807) is 0 Å². The third-order valence-corrected chi connectivity index (χ3v) is 5.63. The van der Waals surface area contributed by atoms with Gasteiger partial charge in [0.05, 0.1) is 0 Å². The number of hydrogen-bond donors (Lipinski definition) is 0. The molecule has 0 radical (unpaired) electrons. The fraction of sp³-hybridized carbons (Fsp3) is 0.476. The summed E-state index contributed by atoms with van der Waals surface area (Å²) < 4.78 is 1.88. The maximum Gasteiger partial charge on any atom is 0.253 e. The first-order chi connectivity index (χ1) is 13.1. The highest BCUT2D eigenvalue weighted by molar-refractivity contribution is 5.95. The minimum Gasteiger partial charge on any atom is -0.347 e. The SMILES string of the molecule is CCn1nc(-c2cccc(C(=O)N3C[C@H]4CC=CC[C@H]4C3)c2)nc1N(C)C. The van der Waals surface area contributed by atoms with Crippen molar-refractivity contribution in [3.05, 3.63) is 42.0 Å². The van der Waals surface area contributed by atoms with Gasteiger partial charge in [-0.05, 0) is 43.7 Å². The van der Waals surface area contributed by atoms with Crippen LogP contribution < -0.4 is 4.90 Å². The first kappa shape index (κ1) is 17.8. The van der Waals surface area contributed by atoms with Crippen molar-refractivity contribution < 1.29 is 4.79 Å². The molecule has 1 amide bonds. The Hall–Kier alpha value is -2.63. The Kier molecular flexibility index (Phi) is 4.72. The number of nitrogens with zero attached hydrogens (tertiary/aromatic N) is 5. The van der Waals surface area contributed by atoms with E-state index in [-0.39, 0.29) is 5.91 Å². The van der Waals surface area contributed by atoms with Crippen molar-refractivity contribution in [3.8, 4) is 11.4 Å². The molecule has 1 saturated heterocycles. The minimum absolute atomic E-state index is 0.119. The fourth-order valence-corrected chi connectivity index (χ4v) is 4.15. The molecule has 0 spiro atoms. The second-order valence-electron chi connectivity index (χ2n) is 7.70. The van der Waals surface area contributed by atoms with Gasteiger partial charge in [-0.25, -0.2) is 4.68 Å². The summed E-state index contributed by atoms with van der Waals surface area (Å²) in [5, 5.41) is 4.61. The Bertz CT molecular complexity index is 853. The molecule has 142 valence electrons. The molecule has 6 heteroatoms. The number of rotatable bonds is 4. The van der Waals surface area contributed by atoms with Crippen LogP contribution in [-0.4, -0.2) is 52.8 Å². The summed E-state index contributed by atoms with van der Waals surface area (Å²) in [6.45, 7) is 4.54. The Labute approximate surface area is 160 Å². The molecular weight excluding hydrogens is 338 g/mol. The molecule has 2 aliphatic rings. The van der Waals surface area contributed by atoms with E-state index in [1.165, 1.54) is 0 Å². The molecule has 1 aromatic carbocycles. The van der Waals surface area contributed by atoms with Crippen LogP contribution >= 0.6 is 0 Å². The first-order valence-corrected chi connectivity index (χ1v) is 9.73. The number of amides is 1.